The highest BCUT2D eigenvalue weighted by Crippen LogP contribution is 2.14. The summed E-state index contributed by atoms with van der Waals surface area (Å²) >= 11 is 0. The number of guanidine groups is 1. The molecule has 102 valence electrons. The van der Waals surface area contributed by atoms with E-state index in [1.165, 1.54) is 0 Å². The maximum absolute atomic E-state index is 8.69. The Morgan fingerprint density at radius 2 is 2.05 bits per heavy atom. The third-order valence-corrected chi connectivity index (χ3v) is 2.34. The molecule has 0 fully saturated rings. The minimum Gasteiger partial charge on any atom is -0.497 e. The number of rotatable bonds is 5. The molecule has 0 saturated carbocycles. The number of likely N-dealkylation sites (N-methyl/N-ethyl adjacent to an activating group) is 1. The van der Waals surface area contributed by atoms with Crippen molar-refractivity contribution in [3.63, 3.8) is 0 Å². The summed E-state index contributed by atoms with van der Waals surface area (Å²) in [5, 5.41) is 14.3. The fourth-order valence-electron chi connectivity index (χ4n) is 1.34. The zero-order valence-electron chi connectivity index (χ0n) is 11.5. The van der Waals surface area contributed by atoms with Crippen LogP contribution in [0.4, 0.5) is 5.69 Å². The molecular weight excluding hydrogens is 242 g/mol. The van der Waals surface area contributed by atoms with Crippen molar-refractivity contribution in [2.24, 2.45) is 4.99 Å². The highest BCUT2D eigenvalue weighted by Gasteiger charge is 2.00. The summed E-state index contributed by atoms with van der Waals surface area (Å²) in [5.41, 5.74) is 0.840. The van der Waals surface area contributed by atoms with Crippen molar-refractivity contribution >= 4 is 11.6 Å². The molecular formula is C13H19N5O. The number of nitrogens with zero attached hydrogens (tertiary/aromatic N) is 3. The molecule has 0 saturated heterocycles. The van der Waals surface area contributed by atoms with Crippen LogP contribution >= 0.6 is 0 Å². The Morgan fingerprint density at radius 3 is 2.58 bits per heavy atom. The van der Waals surface area contributed by atoms with Crippen molar-refractivity contribution in [1.29, 1.82) is 5.26 Å². The number of nitriles is 1. The first-order valence-electron chi connectivity index (χ1n) is 5.91. The molecule has 0 radical (unpaired) electrons. The van der Waals surface area contributed by atoms with Crippen LogP contribution < -0.4 is 15.4 Å². The number of aliphatic imine (C=N–C) groups is 1. The second-order valence-corrected chi connectivity index (χ2v) is 4.12. The third-order valence-electron chi connectivity index (χ3n) is 2.34. The van der Waals surface area contributed by atoms with E-state index < -0.39 is 0 Å². The van der Waals surface area contributed by atoms with E-state index in [4.69, 9.17) is 10.00 Å². The van der Waals surface area contributed by atoms with Gasteiger partial charge in [-0.15, -0.1) is 0 Å². The number of benzene rings is 1. The van der Waals surface area contributed by atoms with Gasteiger partial charge < -0.3 is 15.0 Å². The molecule has 1 rings (SSSR count). The Hall–Kier alpha value is -2.26. The Morgan fingerprint density at radius 1 is 1.37 bits per heavy atom. The van der Waals surface area contributed by atoms with Gasteiger partial charge in [0.2, 0.25) is 5.96 Å². The highest BCUT2D eigenvalue weighted by molar-refractivity contribution is 5.94. The number of anilines is 1. The lowest BCUT2D eigenvalue weighted by Crippen LogP contribution is -2.28. The molecule has 2 N–H and O–H groups in total. The van der Waals surface area contributed by atoms with Crippen molar-refractivity contribution in [2.45, 2.75) is 0 Å². The summed E-state index contributed by atoms with van der Waals surface area (Å²) in [7, 11) is 5.57. The highest BCUT2D eigenvalue weighted by atomic mass is 16.5. The van der Waals surface area contributed by atoms with Gasteiger partial charge in [-0.2, -0.15) is 5.26 Å². The predicted molar refractivity (Wildman–Crippen MR) is 76.2 cm³/mol. The molecule has 0 aliphatic rings. The van der Waals surface area contributed by atoms with Crippen LogP contribution in [0.2, 0.25) is 0 Å². The average molecular weight is 261 g/mol. The number of ether oxygens (including phenoxy) is 1. The first-order valence-corrected chi connectivity index (χ1v) is 5.91. The average Bonchev–Trinajstić information content (AvgIpc) is 2.39. The molecule has 6 heteroatoms. The zero-order valence-corrected chi connectivity index (χ0v) is 11.5. The van der Waals surface area contributed by atoms with Crippen LogP contribution in [-0.2, 0) is 0 Å². The van der Waals surface area contributed by atoms with E-state index >= 15 is 0 Å². The predicted octanol–water partition coefficient (Wildman–Crippen LogP) is 1.10. The van der Waals surface area contributed by atoms with Crippen LogP contribution in [0.3, 0.4) is 0 Å². The molecule has 0 amide bonds. The first-order chi connectivity index (χ1) is 9.15. The smallest absolute Gasteiger partial charge is 0.209 e. The van der Waals surface area contributed by atoms with E-state index in [2.05, 4.69) is 15.6 Å². The SMILES string of the molecule is COc1ccc(NC(=NCCN(C)C)NC#N)cc1. The zero-order chi connectivity index (χ0) is 14.1. The van der Waals surface area contributed by atoms with Gasteiger partial charge in [0, 0.05) is 12.2 Å². The van der Waals surface area contributed by atoms with E-state index in [0.29, 0.717) is 12.5 Å². The topological polar surface area (TPSA) is 72.7 Å². The summed E-state index contributed by atoms with van der Waals surface area (Å²) in [6.45, 7) is 1.43. The molecule has 0 bridgehead atoms. The normalized spacial score (nSPS) is 11.0. The van der Waals surface area contributed by atoms with E-state index in [0.717, 1.165) is 18.0 Å². The van der Waals surface area contributed by atoms with Crippen molar-refractivity contribution in [1.82, 2.24) is 10.2 Å². The summed E-state index contributed by atoms with van der Waals surface area (Å²) in [4.78, 5) is 6.32. The van der Waals surface area contributed by atoms with Gasteiger partial charge in [0.15, 0.2) is 6.19 Å². The van der Waals surface area contributed by atoms with Gasteiger partial charge in [0.05, 0.1) is 13.7 Å². The van der Waals surface area contributed by atoms with Gasteiger partial charge >= 0.3 is 0 Å². The van der Waals surface area contributed by atoms with Crippen LogP contribution in [0.15, 0.2) is 29.3 Å². The van der Waals surface area contributed by atoms with Gasteiger partial charge in [0.25, 0.3) is 0 Å². The monoisotopic (exact) mass is 261 g/mol. The van der Waals surface area contributed by atoms with Gasteiger partial charge in [-0.25, -0.2) is 0 Å². The molecule has 0 heterocycles. The van der Waals surface area contributed by atoms with Crippen LogP contribution in [0.1, 0.15) is 0 Å². The van der Waals surface area contributed by atoms with E-state index in [9.17, 15) is 0 Å². The molecule has 0 spiro atoms. The number of hydrogen-bond acceptors (Lipinski definition) is 4. The van der Waals surface area contributed by atoms with Crippen molar-refractivity contribution in [2.75, 3.05) is 39.6 Å². The Kier molecular flexibility index (Phi) is 6.19. The largest absolute Gasteiger partial charge is 0.497 e. The van der Waals surface area contributed by atoms with E-state index in [1.807, 2.05) is 49.5 Å². The summed E-state index contributed by atoms with van der Waals surface area (Å²) < 4.78 is 5.08. The third kappa shape index (κ3) is 5.75. The lowest BCUT2D eigenvalue weighted by atomic mass is 10.3. The number of methoxy groups -OCH3 is 1. The lowest BCUT2D eigenvalue weighted by molar-refractivity contribution is 0.415. The second kappa shape index (κ2) is 7.95. The molecule has 0 unspecified atom stereocenters. The summed E-state index contributed by atoms with van der Waals surface area (Å²) in [6, 6.07) is 7.40. The Labute approximate surface area is 113 Å². The molecule has 6 nitrogen and oxygen atoms in total. The quantitative estimate of drug-likeness (QED) is 0.359. The second-order valence-electron chi connectivity index (χ2n) is 4.12. The Bertz CT molecular complexity index is 447. The van der Waals surface area contributed by atoms with E-state index in [1.54, 1.807) is 7.11 Å². The van der Waals surface area contributed by atoms with E-state index in [-0.39, 0.29) is 0 Å². The van der Waals surface area contributed by atoms with Crippen molar-refractivity contribution in [3.05, 3.63) is 24.3 Å². The minimum atomic E-state index is 0.439. The number of hydrogen-bond donors (Lipinski definition) is 2. The van der Waals surface area contributed by atoms with Gasteiger partial charge in [-0.1, -0.05) is 0 Å². The van der Waals surface area contributed by atoms with Crippen molar-refractivity contribution < 1.29 is 4.74 Å². The Balaban J connectivity index is 2.63. The van der Waals surface area contributed by atoms with Gasteiger partial charge in [0.1, 0.15) is 5.75 Å². The fraction of sp³-hybridized carbons (Fsp3) is 0.385. The number of nitrogens with one attached hydrogen (secondary N) is 2. The summed E-state index contributed by atoms with van der Waals surface area (Å²) in [6.07, 6.45) is 1.87. The van der Waals surface area contributed by atoms with Gasteiger partial charge in [-0.05, 0) is 38.4 Å². The molecule has 0 aliphatic carbocycles. The fourth-order valence-corrected chi connectivity index (χ4v) is 1.34. The van der Waals surface area contributed by atoms with Crippen LogP contribution in [-0.4, -0.2) is 45.2 Å². The molecule has 19 heavy (non-hydrogen) atoms. The van der Waals surface area contributed by atoms with Crippen LogP contribution in [0, 0.1) is 11.5 Å². The maximum Gasteiger partial charge on any atom is 0.209 e. The van der Waals surface area contributed by atoms with Crippen molar-refractivity contribution in [3.8, 4) is 11.9 Å². The lowest BCUT2D eigenvalue weighted by Gasteiger charge is -2.10. The summed E-state index contributed by atoms with van der Waals surface area (Å²) in [5.74, 6) is 1.22. The first kappa shape index (κ1) is 14.8. The molecule has 1 aromatic carbocycles. The maximum atomic E-state index is 8.69. The minimum absolute atomic E-state index is 0.439. The standard InChI is InChI=1S/C13H19N5O/c1-18(2)9-8-15-13(16-10-14)17-11-4-6-12(19-3)7-5-11/h4-7H,8-9H2,1-3H3,(H2,15,16,17). The van der Waals surface area contributed by atoms with Gasteiger partial charge in [-0.3, -0.25) is 10.3 Å². The molecule has 0 aliphatic heterocycles. The van der Waals surface area contributed by atoms with Crippen LogP contribution in [0.5, 0.6) is 5.75 Å². The molecule has 0 aromatic heterocycles. The molecule has 0 atom stereocenters. The van der Waals surface area contributed by atoms with Crippen LogP contribution in [0.25, 0.3) is 0 Å². The molecule has 1 aromatic rings.